The highest BCUT2D eigenvalue weighted by Crippen LogP contribution is 2.32. The Morgan fingerprint density at radius 1 is 1.60 bits per heavy atom. The van der Waals surface area contributed by atoms with Crippen LogP contribution in [0.4, 0.5) is 4.39 Å². The Hall–Kier alpha value is 0.110. The van der Waals surface area contributed by atoms with Gasteiger partial charge in [-0.15, -0.1) is 11.3 Å². The van der Waals surface area contributed by atoms with Crippen molar-refractivity contribution in [1.29, 1.82) is 0 Å². The minimum absolute atomic E-state index is 0.763. The molecule has 0 spiro atoms. The SMILES string of the molecule is CC(C)(F)c1cc(Br)cs1. The maximum absolute atomic E-state index is 13.1. The third kappa shape index (κ3) is 1.80. The summed E-state index contributed by atoms with van der Waals surface area (Å²) in [5.74, 6) is 0. The van der Waals surface area contributed by atoms with E-state index in [9.17, 15) is 4.39 Å². The fourth-order valence-corrected chi connectivity index (χ4v) is 2.07. The largest absolute Gasteiger partial charge is 0.238 e. The van der Waals surface area contributed by atoms with E-state index in [-0.39, 0.29) is 0 Å². The summed E-state index contributed by atoms with van der Waals surface area (Å²) in [6.45, 7) is 3.12. The molecule has 0 unspecified atom stereocenters. The molecule has 0 aliphatic heterocycles. The molecule has 1 aromatic heterocycles. The molecule has 1 aromatic rings. The Morgan fingerprint density at radius 3 is 2.40 bits per heavy atom. The molecule has 0 fully saturated rings. The van der Waals surface area contributed by atoms with Gasteiger partial charge in [-0.05, 0) is 35.8 Å². The van der Waals surface area contributed by atoms with Crippen LogP contribution in [0.1, 0.15) is 18.7 Å². The predicted molar refractivity (Wildman–Crippen MR) is 46.2 cm³/mol. The molecule has 0 saturated heterocycles. The molecule has 10 heavy (non-hydrogen) atoms. The van der Waals surface area contributed by atoms with Crippen molar-refractivity contribution in [2.45, 2.75) is 19.5 Å². The minimum atomic E-state index is -1.20. The summed E-state index contributed by atoms with van der Waals surface area (Å²) in [6, 6.07) is 1.81. The van der Waals surface area contributed by atoms with E-state index in [1.165, 1.54) is 11.3 Å². The fraction of sp³-hybridized carbons (Fsp3) is 0.429. The lowest BCUT2D eigenvalue weighted by molar-refractivity contribution is 0.227. The standard InChI is InChI=1S/C7H8BrFS/c1-7(2,9)6-3-5(8)4-10-6/h3-4H,1-2H3. The van der Waals surface area contributed by atoms with Crippen molar-refractivity contribution in [3.05, 3.63) is 20.8 Å². The van der Waals surface area contributed by atoms with E-state index < -0.39 is 5.67 Å². The van der Waals surface area contributed by atoms with Crippen LogP contribution < -0.4 is 0 Å². The zero-order chi connectivity index (χ0) is 7.78. The first kappa shape index (κ1) is 8.21. The lowest BCUT2D eigenvalue weighted by Gasteiger charge is -2.09. The normalized spacial score (nSPS) is 12.0. The Balaban J connectivity index is 2.96. The molecule has 0 aliphatic rings. The molecule has 0 saturated carbocycles. The van der Waals surface area contributed by atoms with E-state index in [1.54, 1.807) is 13.8 Å². The van der Waals surface area contributed by atoms with E-state index in [1.807, 2.05) is 11.4 Å². The van der Waals surface area contributed by atoms with Gasteiger partial charge in [-0.1, -0.05) is 0 Å². The third-order valence-corrected chi connectivity index (χ3v) is 3.14. The van der Waals surface area contributed by atoms with Crippen LogP contribution in [-0.2, 0) is 5.67 Å². The molecular formula is C7H8BrFS. The van der Waals surface area contributed by atoms with E-state index in [2.05, 4.69) is 15.9 Å². The number of hydrogen-bond acceptors (Lipinski definition) is 1. The summed E-state index contributed by atoms with van der Waals surface area (Å²) in [7, 11) is 0. The van der Waals surface area contributed by atoms with E-state index >= 15 is 0 Å². The number of halogens is 2. The van der Waals surface area contributed by atoms with Gasteiger partial charge in [0.05, 0.1) is 0 Å². The fourth-order valence-electron chi connectivity index (χ4n) is 0.625. The second-order valence-corrected chi connectivity index (χ2v) is 4.43. The first-order valence-corrected chi connectivity index (χ1v) is 4.61. The summed E-state index contributed by atoms with van der Waals surface area (Å²) in [5.41, 5.74) is -1.20. The predicted octanol–water partition coefficient (Wildman–Crippen LogP) is 3.72. The topological polar surface area (TPSA) is 0 Å². The average Bonchev–Trinajstić information content (AvgIpc) is 2.11. The first-order chi connectivity index (χ1) is 4.50. The van der Waals surface area contributed by atoms with Gasteiger partial charge in [0.1, 0.15) is 5.67 Å². The molecular weight excluding hydrogens is 215 g/mol. The summed E-state index contributed by atoms with van der Waals surface area (Å²) >= 11 is 4.70. The molecule has 1 rings (SSSR count). The molecule has 0 radical (unpaired) electrons. The highest BCUT2D eigenvalue weighted by molar-refractivity contribution is 9.10. The van der Waals surface area contributed by atoms with Crippen molar-refractivity contribution < 1.29 is 4.39 Å². The maximum Gasteiger partial charge on any atom is 0.139 e. The Bertz CT molecular complexity index is 224. The molecule has 0 atom stereocenters. The van der Waals surface area contributed by atoms with Gasteiger partial charge in [0.25, 0.3) is 0 Å². The minimum Gasteiger partial charge on any atom is -0.238 e. The lowest BCUT2D eigenvalue weighted by Crippen LogP contribution is -2.05. The second kappa shape index (κ2) is 2.62. The molecule has 1 heterocycles. The summed E-state index contributed by atoms with van der Waals surface area (Å²) in [5, 5.41) is 1.89. The Labute approximate surface area is 72.2 Å². The smallest absolute Gasteiger partial charge is 0.139 e. The number of hydrogen-bond donors (Lipinski definition) is 0. The molecule has 0 nitrogen and oxygen atoms in total. The van der Waals surface area contributed by atoms with Crippen LogP contribution in [0.3, 0.4) is 0 Å². The van der Waals surface area contributed by atoms with Gasteiger partial charge in [-0.2, -0.15) is 0 Å². The molecule has 56 valence electrons. The van der Waals surface area contributed by atoms with Crippen LogP contribution in [0.2, 0.25) is 0 Å². The van der Waals surface area contributed by atoms with Crippen LogP contribution in [0.15, 0.2) is 15.9 Å². The van der Waals surface area contributed by atoms with Crippen LogP contribution in [-0.4, -0.2) is 0 Å². The van der Waals surface area contributed by atoms with E-state index in [4.69, 9.17) is 0 Å². The highest BCUT2D eigenvalue weighted by Gasteiger charge is 2.20. The van der Waals surface area contributed by atoms with Gasteiger partial charge in [-0.25, -0.2) is 4.39 Å². The van der Waals surface area contributed by atoms with Crippen molar-refractivity contribution in [2.75, 3.05) is 0 Å². The van der Waals surface area contributed by atoms with Crippen molar-refractivity contribution in [2.24, 2.45) is 0 Å². The van der Waals surface area contributed by atoms with Crippen LogP contribution >= 0.6 is 27.3 Å². The monoisotopic (exact) mass is 222 g/mol. The van der Waals surface area contributed by atoms with Crippen molar-refractivity contribution in [3.8, 4) is 0 Å². The van der Waals surface area contributed by atoms with Gasteiger partial charge in [0, 0.05) is 14.7 Å². The Kier molecular flexibility index (Phi) is 2.15. The molecule has 0 aliphatic carbocycles. The molecule has 0 N–H and O–H groups in total. The number of rotatable bonds is 1. The number of thiophene rings is 1. The van der Waals surface area contributed by atoms with Gasteiger partial charge < -0.3 is 0 Å². The van der Waals surface area contributed by atoms with Crippen LogP contribution in [0.5, 0.6) is 0 Å². The number of alkyl halides is 1. The third-order valence-electron chi connectivity index (χ3n) is 1.15. The van der Waals surface area contributed by atoms with Crippen LogP contribution in [0, 0.1) is 0 Å². The average molecular weight is 223 g/mol. The van der Waals surface area contributed by atoms with Gasteiger partial charge in [0.2, 0.25) is 0 Å². The molecule has 3 heteroatoms. The summed E-state index contributed by atoms with van der Waals surface area (Å²) < 4.78 is 14.1. The van der Waals surface area contributed by atoms with E-state index in [0.29, 0.717) is 0 Å². The van der Waals surface area contributed by atoms with Crippen LogP contribution in [0.25, 0.3) is 0 Å². The quantitative estimate of drug-likeness (QED) is 0.680. The van der Waals surface area contributed by atoms with Gasteiger partial charge in [0.15, 0.2) is 0 Å². The summed E-state index contributed by atoms with van der Waals surface area (Å²) in [6.07, 6.45) is 0. The molecule has 0 amide bonds. The van der Waals surface area contributed by atoms with Gasteiger partial charge >= 0.3 is 0 Å². The Morgan fingerprint density at radius 2 is 2.20 bits per heavy atom. The molecule has 0 aromatic carbocycles. The van der Waals surface area contributed by atoms with E-state index in [0.717, 1.165) is 9.35 Å². The zero-order valence-electron chi connectivity index (χ0n) is 5.82. The summed E-state index contributed by atoms with van der Waals surface area (Å²) in [4.78, 5) is 0.763. The maximum atomic E-state index is 13.1. The second-order valence-electron chi connectivity index (χ2n) is 2.60. The lowest BCUT2D eigenvalue weighted by atomic mass is 10.1. The van der Waals surface area contributed by atoms with Crippen molar-refractivity contribution in [3.63, 3.8) is 0 Å². The van der Waals surface area contributed by atoms with Gasteiger partial charge in [-0.3, -0.25) is 0 Å². The van der Waals surface area contributed by atoms with Crippen molar-refractivity contribution >= 4 is 27.3 Å². The first-order valence-electron chi connectivity index (χ1n) is 2.93. The zero-order valence-corrected chi connectivity index (χ0v) is 8.22. The van der Waals surface area contributed by atoms with Crippen molar-refractivity contribution in [1.82, 2.24) is 0 Å². The molecule has 0 bridgehead atoms. The highest BCUT2D eigenvalue weighted by atomic mass is 79.9.